The van der Waals surface area contributed by atoms with Crippen LogP contribution in [0.5, 0.6) is 0 Å². The summed E-state index contributed by atoms with van der Waals surface area (Å²) in [5, 5.41) is 10.5. The second-order valence-corrected chi connectivity index (χ2v) is 8.79. The number of benzene rings is 1. The van der Waals surface area contributed by atoms with Gasteiger partial charge in [-0.1, -0.05) is 18.2 Å². The zero-order valence-electron chi connectivity index (χ0n) is 18.5. The molecule has 0 aliphatic carbocycles. The third-order valence-electron chi connectivity index (χ3n) is 5.70. The summed E-state index contributed by atoms with van der Waals surface area (Å²) >= 11 is 3.54. The number of rotatable bonds is 7. The number of aryl methyl sites for hydroxylation is 1. The number of anilines is 1. The van der Waals surface area contributed by atoms with E-state index in [4.69, 9.17) is 4.74 Å². The molecule has 1 aliphatic heterocycles. The number of hydrogen-bond donors (Lipinski definition) is 2. The average molecular weight is 517 g/mol. The van der Waals surface area contributed by atoms with E-state index < -0.39 is 5.82 Å². The Hall–Kier alpha value is -2.82. The maximum atomic E-state index is 13.8. The maximum absolute atomic E-state index is 13.8. The number of carbonyl (C=O) groups is 1. The van der Waals surface area contributed by atoms with Crippen molar-refractivity contribution in [1.29, 1.82) is 0 Å². The highest BCUT2D eigenvalue weighted by Crippen LogP contribution is 2.30. The van der Waals surface area contributed by atoms with Gasteiger partial charge in [0.15, 0.2) is 5.82 Å². The molecular weight excluding hydrogens is 491 g/mol. The number of hydrogen-bond acceptors (Lipinski definition) is 5. The summed E-state index contributed by atoms with van der Waals surface area (Å²) in [6.45, 7) is 4.46. The highest BCUT2D eigenvalue weighted by Gasteiger charge is 2.35. The lowest BCUT2D eigenvalue weighted by Crippen LogP contribution is -2.42. The molecule has 8 nitrogen and oxygen atoms in total. The number of nitrogens with zero attached hydrogens (tertiary/aromatic N) is 4. The van der Waals surface area contributed by atoms with E-state index >= 15 is 0 Å². The molecule has 3 aromatic rings. The summed E-state index contributed by atoms with van der Waals surface area (Å²) < 4.78 is 21.4. The normalized spacial score (nSPS) is 18.4. The molecule has 0 bridgehead atoms. The average Bonchev–Trinajstić information content (AvgIpc) is 3.34. The summed E-state index contributed by atoms with van der Waals surface area (Å²) in [5.74, 6) is 0.0478. The predicted molar refractivity (Wildman–Crippen MR) is 127 cm³/mol. The van der Waals surface area contributed by atoms with Crippen LogP contribution in [0.25, 0.3) is 5.69 Å². The molecule has 0 spiro atoms. The smallest absolute Gasteiger partial charge is 0.320 e. The number of nitrogens with one attached hydrogen (secondary N) is 2. The van der Waals surface area contributed by atoms with E-state index in [1.807, 2.05) is 37.3 Å². The SMILES string of the molecule is COCCN1CC(NC(=O)Nc2c(Br)c(C)nn2-c2ccccc2)C(c2cncc(F)c2)C1. The lowest BCUT2D eigenvalue weighted by molar-refractivity contribution is 0.159. The first-order valence-corrected chi connectivity index (χ1v) is 11.5. The van der Waals surface area contributed by atoms with Crippen LogP contribution in [-0.2, 0) is 4.74 Å². The third kappa shape index (κ3) is 5.40. The van der Waals surface area contributed by atoms with Gasteiger partial charge in [-0.25, -0.2) is 13.9 Å². The van der Waals surface area contributed by atoms with Crippen molar-refractivity contribution < 1.29 is 13.9 Å². The number of amides is 2. The first-order chi connectivity index (χ1) is 16.0. The molecule has 33 heavy (non-hydrogen) atoms. The molecule has 1 fully saturated rings. The Morgan fingerprint density at radius 2 is 2.06 bits per heavy atom. The molecule has 2 atom stereocenters. The quantitative estimate of drug-likeness (QED) is 0.500. The van der Waals surface area contributed by atoms with Crippen molar-refractivity contribution in [3.05, 3.63) is 70.3 Å². The predicted octanol–water partition coefficient (Wildman–Crippen LogP) is 3.71. The molecule has 174 valence electrons. The first kappa shape index (κ1) is 23.3. The van der Waals surface area contributed by atoms with Crippen LogP contribution in [0.3, 0.4) is 0 Å². The van der Waals surface area contributed by atoms with Gasteiger partial charge in [-0.05, 0) is 46.6 Å². The Labute approximate surface area is 200 Å². The fourth-order valence-corrected chi connectivity index (χ4v) is 4.43. The third-order valence-corrected chi connectivity index (χ3v) is 6.65. The molecule has 1 aliphatic rings. The van der Waals surface area contributed by atoms with E-state index in [-0.39, 0.29) is 18.0 Å². The number of halogens is 2. The van der Waals surface area contributed by atoms with Crippen molar-refractivity contribution in [3.8, 4) is 5.69 Å². The highest BCUT2D eigenvalue weighted by atomic mass is 79.9. The standard InChI is InChI=1S/C23H26BrFN6O2/c1-15-21(24)22(31(29-15)18-6-4-3-5-7-18)28-23(32)27-20-14-30(8-9-33-2)13-19(20)16-10-17(25)12-26-11-16/h3-7,10-12,19-20H,8-9,13-14H2,1-2H3,(H2,27,28,32). The minimum absolute atomic E-state index is 0.0972. The summed E-state index contributed by atoms with van der Waals surface area (Å²) in [7, 11) is 1.66. The van der Waals surface area contributed by atoms with Gasteiger partial charge in [0.1, 0.15) is 5.82 Å². The molecule has 2 aromatic heterocycles. The van der Waals surface area contributed by atoms with Gasteiger partial charge in [0, 0.05) is 38.9 Å². The minimum Gasteiger partial charge on any atom is -0.383 e. The largest absolute Gasteiger partial charge is 0.383 e. The molecule has 2 unspecified atom stereocenters. The lowest BCUT2D eigenvalue weighted by Gasteiger charge is -2.20. The highest BCUT2D eigenvalue weighted by molar-refractivity contribution is 9.10. The van der Waals surface area contributed by atoms with Gasteiger partial charge in [0.25, 0.3) is 0 Å². The fourth-order valence-electron chi connectivity index (χ4n) is 4.09. The van der Waals surface area contributed by atoms with E-state index in [1.54, 1.807) is 18.0 Å². The van der Waals surface area contributed by atoms with Crippen molar-refractivity contribution >= 4 is 27.8 Å². The zero-order chi connectivity index (χ0) is 23.4. The summed E-state index contributed by atoms with van der Waals surface area (Å²) in [4.78, 5) is 19.2. The Kier molecular flexibility index (Phi) is 7.36. The Bertz CT molecular complexity index is 1110. The summed E-state index contributed by atoms with van der Waals surface area (Å²) in [6.07, 6.45) is 2.84. The van der Waals surface area contributed by atoms with Crippen molar-refractivity contribution in [3.63, 3.8) is 0 Å². The Morgan fingerprint density at radius 1 is 1.27 bits per heavy atom. The number of urea groups is 1. The van der Waals surface area contributed by atoms with E-state index in [0.29, 0.717) is 30.0 Å². The number of aromatic nitrogens is 3. The number of pyridine rings is 1. The van der Waals surface area contributed by atoms with Crippen LogP contribution in [0, 0.1) is 12.7 Å². The zero-order valence-corrected chi connectivity index (χ0v) is 20.0. The summed E-state index contributed by atoms with van der Waals surface area (Å²) in [5.41, 5.74) is 2.34. The van der Waals surface area contributed by atoms with E-state index in [0.717, 1.165) is 23.5 Å². The van der Waals surface area contributed by atoms with E-state index in [1.165, 1.54) is 12.3 Å². The number of likely N-dealkylation sites (tertiary alicyclic amines) is 1. The molecule has 1 aromatic carbocycles. The van der Waals surface area contributed by atoms with Crippen LogP contribution in [0.4, 0.5) is 15.0 Å². The van der Waals surface area contributed by atoms with Gasteiger partial charge in [-0.3, -0.25) is 15.2 Å². The van der Waals surface area contributed by atoms with Crippen LogP contribution in [0.15, 0.2) is 53.3 Å². The van der Waals surface area contributed by atoms with Gasteiger partial charge in [0.05, 0.1) is 34.7 Å². The molecule has 0 saturated carbocycles. The monoisotopic (exact) mass is 516 g/mol. The first-order valence-electron chi connectivity index (χ1n) is 10.7. The van der Waals surface area contributed by atoms with Crippen LogP contribution < -0.4 is 10.6 Å². The van der Waals surface area contributed by atoms with Gasteiger partial charge in [0.2, 0.25) is 0 Å². The Morgan fingerprint density at radius 3 is 2.79 bits per heavy atom. The number of para-hydroxylation sites is 1. The van der Waals surface area contributed by atoms with Gasteiger partial charge < -0.3 is 10.1 Å². The molecule has 3 heterocycles. The van der Waals surface area contributed by atoms with Crippen LogP contribution in [-0.4, -0.2) is 65.1 Å². The van der Waals surface area contributed by atoms with Crippen molar-refractivity contribution in [1.82, 2.24) is 25.0 Å². The number of methoxy groups -OCH3 is 1. The van der Waals surface area contributed by atoms with Gasteiger partial charge in [-0.15, -0.1) is 0 Å². The molecular formula is C23H26BrFN6O2. The van der Waals surface area contributed by atoms with Crippen LogP contribution in [0.2, 0.25) is 0 Å². The van der Waals surface area contributed by atoms with E-state index in [2.05, 4.69) is 41.5 Å². The summed E-state index contributed by atoms with van der Waals surface area (Å²) in [6, 6.07) is 10.5. The molecule has 1 saturated heterocycles. The van der Waals surface area contributed by atoms with Crippen molar-refractivity contribution in [2.45, 2.75) is 18.9 Å². The number of ether oxygens (including phenoxy) is 1. The van der Waals surface area contributed by atoms with Crippen LogP contribution in [0.1, 0.15) is 17.2 Å². The molecule has 0 radical (unpaired) electrons. The Balaban J connectivity index is 1.53. The molecule has 10 heteroatoms. The van der Waals surface area contributed by atoms with Gasteiger partial charge >= 0.3 is 6.03 Å². The maximum Gasteiger partial charge on any atom is 0.320 e. The van der Waals surface area contributed by atoms with Gasteiger partial charge in [-0.2, -0.15) is 5.10 Å². The number of carbonyl (C=O) groups excluding carboxylic acids is 1. The molecule has 2 amide bonds. The van der Waals surface area contributed by atoms with Crippen LogP contribution >= 0.6 is 15.9 Å². The second kappa shape index (κ2) is 10.4. The minimum atomic E-state index is -0.391. The topological polar surface area (TPSA) is 84.3 Å². The van der Waals surface area contributed by atoms with Crippen molar-refractivity contribution in [2.75, 3.05) is 38.7 Å². The molecule has 4 rings (SSSR count). The van der Waals surface area contributed by atoms with Crippen molar-refractivity contribution in [2.24, 2.45) is 0 Å². The second-order valence-electron chi connectivity index (χ2n) is 8.00. The van der Waals surface area contributed by atoms with E-state index in [9.17, 15) is 9.18 Å². The lowest BCUT2D eigenvalue weighted by atomic mass is 9.96. The fraction of sp³-hybridized carbons (Fsp3) is 0.348. The molecule has 2 N–H and O–H groups in total.